The highest BCUT2D eigenvalue weighted by atomic mass is 32.2. The van der Waals surface area contributed by atoms with E-state index in [1.54, 1.807) is 67.9 Å². The van der Waals surface area contributed by atoms with Crippen molar-refractivity contribution in [1.82, 2.24) is 87.6 Å². The Morgan fingerprint density at radius 1 is 0.518 bits per heavy atom. The summed E-state index contributed by atoms with van der Waals surface area (Å²) in [6, 6.07) is -3.09. The maximum absolute atomic E-state index is 16.0. The molecule has 3 aliphatic rings. The van der Waals surface area contributed by atoms with E-state index in [1.807, 2.05) is 6.92 Å². The molecule has 0 spiro atoms. The molecule has 5 heterocycles. The van der Waals surface area contributed by atoms with Crippen molar-refractivity contribution in [2.45, 2.75) is 260 Å². The number of phenolic OH excluding ortho intramolecular Hbond substituents is 1. The Bertz CT molecular complexity index is 5300. The number of aromatic nitrogens is 2. The number of carboxylic acids is 3. The molecule has 22 N–H and O–H groups in total. The number of primary amides is 1. The van der Waals surface area contributed by atoms with Crippen molar-refractivity contribution in [1.29, 1.82) is 0 Å². The Hall–Kier alpha value is -13.9. The number of likely N-dealkylation sites (N-methyl/N-ethyl adjacent to an activating group) is 3. The number of nitrogens with zero attached hydrogens (tertiary/aromatic N) is 6. The van der Waals surface area contributed by atoms with Crippen LogP contribution in [0.15, 0.2) is 102 Å². The summed E-state index contributed by atoms with van der Waals surface area (Å²) in [6.45, 7) is 4.93. The zero-order valence-electron chi connectivity index (χ0n) is 79.2. The molecular formula is C94H131N21O23S. The Labute approximate surface area is 807 Å². The third kappa shape index (κ3) is 32.7. The van der Waals surface area contributed by atoms with E-state index in [4.69, 9.17) is 17.2 Å². The highest BCUT2D eigenvalue weighted by molar-refractivity contribution is 8.00. The molecule has 0 bridgehead atoms. The number of aliphatic carboxylic acids is 3. The van der Waals surface area contributed by atoms with E-state index in [0.29, 0.717) is 81.5 Å². The molecule has 16 amide bonds. The van der Waals surface area contributed by atoms with E-state index in [1.165, 1.54) is 76.2 Å². The number of unbranched alkanes of at least 4 members (excludes halogenated alkanes) is 4. The maximum atomic E-state index is 16.0. The largest absolute Gasteiger partial charge is 0.508 e. The van der Waals surface area contributed by atoms with Crippen LogP contribution < -0.4 is 75.7 Å². The number of phenols is 1. The normalized spacial score (nSPS) is 23.8. The van der Waals surface area contributed by atoms with Crippen molar-refractivity contribution in [3.8, 4) is 5.75 Å². The zero-order chi connectivity index (χ0) is 102. The lowest BCUT2D eigenvalue weighted by Crippen LogP contribution is -2.61. The molecule has 2 saturated heterocycles. The van der Waals surface area contributed by atoms with Gasteiger partial charge in [0.05, 0.1) is 18.7 Å². The lowest BCUT2D eigenvalue weighted by atomic mass is 9.99. The molecule has 2 aromatic heterocycles. The van der Waals surface area contributed by atoms with Gasteiger partial charge in [0.2, 0.25) is 94.5 Å². The number of para-hydroxylation sites is 2. The summed E-state index contributed by atoms with van der Waals surface area (Å²) in [7, 11) is 3.76. The summed E-state index contributed by atoms with van der Waals surface area (Å²) in [5.74, 6) is -21.1. The highest BCUT2D eigenvalue weighted by Gasteiger charge is 2.45. The molecule has 3 aromatic carbocycles. The molecular weight excluding hydrogens is 1820 g/mol. The van der Waals surface area contributed by atoms with Crippen molar-refractivity contribution < 1.29 is 112 Å². The molecule has 5 aromatic rings. The standard InChI is InChI=1S/C94H131N21O23S/c1-8-10-26-73-89(133)105-65(34-35-78(119)120)86(130)110-71(83(127)100-48-76(97)117)51-139-52-77(118)102-68(41-55-30-32-59(116)33-31-55)91(135)111(5)54(4)82(126)108-70(45-79(121)122)93(137)115-40-20-29-74(115)90(134)107-66(42-56-36-39-98-46-56)87(131)103-63(24-16-18-37-95)84(128)101-53(3)81(125)106-67(43-57-47-99-62-23-14-12-21-60(57)62)88(132)104-64(25-17-19-38-96)85(129)109-69(92(136)113(7)75(27-11-9-2)94(138)112(73)6)44-58-49-114(50-80(123)124)72-28-15-13-22-61(58)72/h12-15,21-23,28,30-33,39,46-47,49,53-54,63-71,73-75,99,116H,8-11,16-20,24-27,29,34-38,40-45,48,50-52,95-96H2,1-7H3,(H2,97,117)(H,100,127)(H,101,128)(H,102,118)(H,103,131)(H,104,132)(H,105,133)(H,106,125)(H,107,134)(H,108,126)(H,109,129)(H,110,130)(H,119,120)(H,121,122)(H,123,124)/t53-,54+,63+,64+,65+,66+,67+,68+,69+,70+,71+,73+,74?,75+/m1/s1. The number of carboxylic acid groups (broad SMARTS) is 3. The second-order valence-corrected chi connectivity index (χ2v) is 36.1. The smallest absolute Gasteiger partial charge is 0.323 e. The number of rotatable bonds is 32. The van der Waals surface area contributed by atoms with Gasteiger partial charge in [-0.05, 0) is 151 Å². The molecule has 0 saturated carbocycles. The van der Waals surface area contributed by atoms with E-state index in [9.17, 15) is 87.5 Å². The van der Waals surface area contributed by atoms with Gasteiger partial charge in [-0.15, -0.1) is 11.8 Å². The molecule has 756 valence electrons. The van der Waals surface area contributed by atoms with Crippen LogP contribution in [0.5, 0.6) is 5.75 Å². The molecule has 2 fully saturated rings. The quantitative estimate of drug-likeness (QED) is 0.0239. The first-order chi connectivity index (χ1) is 66.2. The number of aromatic hydroxyl groups is 1. The topological polar surface area (TPSA) is 662 Å². The molecule has 0 radical (unpaired) electrons. The Balaban J connectivity index is 1.22. The minimum atomic E-state index is -1.91. The first-order valence-corrected chi connectivity index (χ1v) is 47.8. The van der Waals surface area contributed by atoms with Gasteiger partial charge in [0.25, 0.3) is 0 Å². The minimum Gasteiger partial charge on any atom is -0.508 e. The number of aromatic amines is 1. The minimum absolute atomic E-state index is 0.0390. The number of benzene rings is 3. The molecule has 3 aliphatic heterocycles. The van der Waals surface area contributed by atoms with Crippen LogP contribution in [0.2, 0.25) is 0 Å². The number of aliphatic imine (C=N–C) groups is 1. The Morgan fingerprint density at radius 3 is 1.68 bits per heavy atom. The van der Waals surface area contributed by atoms with Crippen LogP contribution in [-0.2, 0) is 117 Å². The lowest BCUT2D eigenvalue weighted by molar-refractivity contribution is -0.149. The summed E-state index contributed by atoms with van der Waals surface area (Å²) >= 11 is 0.692. The van der Waals surface area contributed by atoms with Gasteiger partial charge in [-0.25, -0.2) is 0 Å². The van der Waals surface area contributed by atoms with Crippen molar-refractivity contribution >= 4 is 152 Å². The van der Waals surface area contributed by atoms with E-state index in [2.05, 4.69) is 68.5 Å². The third-order valence-corrected chi connectivity index (χ3v) is 25.6. The van der Waals surface area contributed by atoms with Crippen LogP contribution in [0, 0.1) is 0 Å². The van der Waals surface area contributed by atoms with Gasteiger partial charge in [0.1, 0.15) is 96.9 Å². The monoisotopic (exact) mass is 1950 g/mol. The number of nitrogens with two attached hydrogens (primary N) is 3. The SMILES string of the molecule is CCCC[C@H]1C(=O)N(C)[C@@H](CCCC)C(=O)N[C@@H](CCC(=O)O)C(=O)N[C@H](C(=O)NCC(N)=O)CSCC(=O)N[C@@H](Cc2ccc(O)cc2)C(=O)N(C)[C@@H](C)C(=O)N[C@@H](CC(=O)O)C(=O)N2CCCC2C(=O)N[C@@H](CC2=CN=CC2)C(=O)N[C@@H](CCCCN)C(=O)N[C@H](C)C(=O)N[C@@H](Cc2c[nH]c3ccccc23)C(=O)N[C@@H](CCCCN)C(=O)N[C@@H](Cc2cn(CC(=O)O)c3ccccc23)C(=O)N1C. The molecule has 8 rings (SSSR count). The number of H-pyrrole nitrogens is 1. The average molecular weight is 1960 g/mol. The van der Waals surface area contributed by atoms with Gasteiger partial charge in [0.15, 0.2) is 0 Å². The fourth-order valence-electron chi connectivity index (χ4n) is 16.7. The van der Waals surface area contributed by atoms with E-state index < -0.39 is 247 Å². The molecule has 45 heteroatoms. The fourth-order valence-corrected chi connectivity index (χ4v) is 17.5. The number of nitrogens with one attached hydrogen (secondary N) is 12. The zero-order valence-corrected chi connectivity index (χ0v) is 80.0. The van der Waals surface area contributed by atoms with Crippen molar-refractivity contribution in [2.24, 2.45) is 22.2 Å². The molecule has 139 heavy (non-hydrogen) atoms. The number of hydrogen-bond acceptors (Lipinski definition) is 24. The van der Waals surface area contributed by atoms with Gasteiger partial charge in [0, 0.05) is 112 Å². The van der Waals surface area contributed by atoms with Crippen LogP contribution in [0.1, 0.15) is 166 Å². The van der Waals surface area contributed by atoms with Gasteiger partial charge < -0.3 is 125 Å². The van der Waals surface area contributed by atoms with Crippen molar-refractivity contribution in [3.05, 3.63) is 114 Å². The molecule has 44 nitrogen and oxygen atoms in total. The number of carbonyl (C=O) groups excluding carboxylic acids is 16. The number of amides is 16. The summed E-state index contributed by atoms with van der Waals surface area (Å²) in [6.07, 6.45) is 4.90. The highest BCUT2D eigenvalue weighted by Crippen LogP contribution is 2.28. The fraction of sp³-hybridized carbons (Fsp3) is 0.532. The second-order valence-electron chi connectivity index (χ2n) is 35.0. The second kappa shape index (κ2) is 54.3. The number of carbonyl (C=O) groups is 19. The Kier molecular flexibility index (Phi) is 43.2. The summed E-state index contributed by atoms with van der Waals surface area (Å²) in [5, 5.41) is 70.7. The number of fused-ring (bicyclic) bond motifs is 3. The maximum Gasteiger partial charge on any atom is 0.323 e. The molecule has 0 aliphatic carbocycles. The van der Waals surface area contributed by atoms with Crippen molar-refractivity contribution in [3.63, 3.8) is 0 Å². The van der Waals surface area contributed by atoms with Gasteiger partial charge in [-0.1, -0.05) is 88.1 Å². The van der Waals surface area contributed by atoms with E-state index >= 15 is 24.0 Å². The van der Waals surface area contributed by atoms with Crippen LogP contribution in [0.4, 0.5) is 0 Å². The predicted octanol–water partition coefficient (Wildman–Crippen LogP) is -0.625. The summed E-state index contributed by atoms with van der Waals surface area (Å²) in [5.41, 5.74) is 20.2. The van der Waals surface area contributed by atoms with Gasteiger partial charge in [-0.2, -0.15) is 0 Å². The van der Waals surface area contributed by atoms with Gasteiger partial charge >= 0.3 is 17.9 Å². The van der Waals surface area contributed by atoms with Crippen LogP contribution in [-0.4, -0.2) is 312 Å². The van der Waals surface area contributed by atoms with Gasteiger partial charge in [-0.3, -0.25) is 96.1 Å². The summed E-state index contributed by atoms with van der Waals surface area (Å²) < 4.78 is 1.43. The summed E-state index contributed by atoms with van der Waals surface area (Å²) in [4.78, 5) is 286. The van der Waals surface area contributed by atoms with Crippen LogP contribution in [0.25, 0.3) is 21.8 Å². The number of thioether (sulfide) groups is 1. The third-order valence-electron chi connectivity index (χ3n) is 24.6. The van der Waals surface area contributed by atoms with Crippen LogP contribution in [0.3, 0.4) is 0 Å². The first kappa shape index (κ1) is 110. The predicted molar refractivity (Wildman–Crippen MR) is 511 cm³/mol. The first-order valence-electron chi connectivity index (χ1n) is 46.7. The van der Waals surface area contributed by atoms with Crippen LogP contribution >= 0.6 is 11.8 Å². The van der Waals surface area contributed by atoms with E-state index in [0.717, 1.165) is 19.6 Å². The van der Waals surface area contributed by atoms with Crippen molar-refractivity contribution in [2.75, 3.05) is 58.8 Å². The number of hydrogen-bond donors (Lipinski definition) is 19. The average Bonchev–Trinajstić information content (AvgIpc) is 1.70. The molecule has 14 atom stereocenters. The lowest BCUT2D eigenvalue weighted by Gasteiger charge is -2.36. The van der Waals surface area contributed by atoms with E-state index in [-0.39, 0.29) is 115 Å². The Morgan fingerprint density at radius 2 is 1.06 bits per heavy atom. The molecule has 1 unspecified atom stereocenters.